The number of ether oxygens (including phenoxy) is 1. The molecule has 1 aliphatic heterocycles. The highest BCUT2D eigenvalue weighted by Crippen LogP contribution is 2.25. The van der Waals surface area contributed by atoms with E-state index >= 15 is 0 Å². The molecule has 23 heavy (non-hydrogen) atoms. The number of hydrogen-bond acceptors (Lipinski definition) is 4. The fourth-order valence-corrected chi connectivity index (χ4v) is 3.08. The molecule has 6 heteroatoms. The van der Waals surface area contributed by atoms with Crippen LogP contribution in [0.3, 0.4) is 0 Å². The Hall–Kier alpha value is -1.74. The van der Waals surface area contributed by atoms with E-state index in [9.17, 15) is 4.79 Å². The molecule has 1 fully saturated rings. The minimum atomic E-state index is -0.478. The van der Waals surface area contributed by atoms with Gasteiger partial charge in [0.15, 0.2) is 0 Å². The number of carbonyl (C=O) groups is 1. The first-order chi connectivity index (χ1) is 10.8. The van der Waals surface area contributed by atoms with Crippen molar-refractivity contribution in [2.75, 3.05) is 18.4 Å². The lowest BCUT2D eigenvalue weighted by molar-refractivity contribution is 0.0235. The predicted molar refractivity (Wildman–Crippen MR) is 93.3 cm³/mol. The largest absolute Gasteiger partial charge is 0.444 e. The highest BCUT2D eigenvalue weighted by atomic mass is 79.9. The number of amides is 1. The lowest BCUT2D eigenvalue weighted by Crippen LogP contribution is -2.42. The Morgan fingerprint density at radius 1 is 1.52 bits per heavy atom. The summed E-state index contributed by atoms with van der Waals surface area (Å²) in [5.41, 5.74) is 1.05. The van der Waals surface area contributed by atoms with Gasteiger partial charge in [0.2, 0.25) is 0 Å². The zero-order chi connectivity index (χ0) is 17.0. The Kier molecular flexibility index (Phi) is 5.53. The van der Waals surface area contributed by atoms with Crippen LogP contribution in [0, 0.1) is 11.3 Å². The second-order valence-corrected chi connectivity index (χ2v) is 7.51. The maximum atomic E-state index is 12.3. The molecular formula is C17H22BrN3O2. The number of carbonyl (C=O) groups excluding carboxylic acids is 1. The maximum Gasteiger partial charge on any atom is 0.410 e. The summed E-state index contributed by atoms with van der Waals surface area (Å²) in [6.07, 6.45) is 1.70. The Labute approximate surface area is 145 Å². The van der Waals surface area contributed by atoms with E-state index in [1.807, 2.05) is 26.8 Å². The summed E-state index contributed by atoms with van der Waals surface area (Å²) < 4.78 is 6.32. The highest BCUT2D eigenvalue weighted by molar-refractivity contribution is 9.10. The van der Waals surface area contributed by atoms with Crippen LogP contribution < -0.4 is 5.32 Å². The fourth-order valence-electron chi connectivity index (χ4n) is 2.56. The molecule has 0 aromatic heterocycles. The van der Waals surface area contributed by atoms with E-state index in [1.54, 1.807) is 17.0 Å². The van der Waals surface area contributed by atoms with Crippen molar-refractivity contribution in [1.29, 1.82) is 5.26 Å². The van der Waals surface area contributed by atoms with Gasteiger partial charge in [0, 0.05) is 23.2 Å². The van der Waals surface area contributed by atoms with Crippen LogP contribution in [0.25, 0.3) is 0 Å². The summed E-state index contributed by atoms with van der Waals surface area (Å²) >= 11 is 3.46. The number of nitriles is 1. The molecule has 0 aliphatic carbocycles. The van der Waals surface area contributed by atoms with Gasteiger partial charge in [0.25, 0.3) is 0 Å². The first kappa shape index (κ1) is 17.6. The number of nitrogens with one attached hydrogen (secondary N) is 1. The Morgan fingerprint density at radius 2 is 2.26 bits per heavy atom. The molecule has 124 valence electrons. The molecule has 2 rings (SSSR count). The first-order valence-electron chi connectivity index (χ1n) is 7.73. The summed E-state index contributed by atoms with van der Waals surface area (Å²) in [4.78, 5) is 14.1. The summed E-state index contributed by atoms with van der Waals surface area (Å²) in [7, 11) is 0. The third kappa shape index (κ3) is 4.87. The van der Waals surface area contributed by atoms with E-state index in [4.69, 9.17) is 10.00 Å². The van der Waals surface area contributed by atoms with Gasteiger partial charge in [-0.15, -0.1) is 0 Å². The molecule has 0 spiro atoms. The lowest BCUT2D eigenvalue weighted by atomic mass is 10.2. The second kappa shape index (κ2) is 7.22. The van der Waals surface area contributed by atoms with Crippen LogP contribution in [0.15, 0.2) is 22.7 Å². The Morgan fingerprint density at radius 3 is 2.87 bits per heavy atom. The van der Waals surface area contributed by atoms with Crippen molar-refractivity contribution in [2.45, 2.75) is 45.3 Å². The standard InChI is InChI=1S/C17H22BrN3O2/c1-17(2,3)23-16(22)21-8-4-5-13(21)11-20-15-7-6-12(10-19)9-14(15)18/h6-7,9,13,20H,4-5,8,11H2,1-3H3. The predicted octanol–water partition coefficient (Wildman–Crippen LogP) is 4.13. The molecule has 1 heterocycles. The van der Waals surface area contributed by atoms with Crippen LogP contribution in [0.5, 0.6) is 0 Å². The number of nitrogens with zero attached hydrogens (tertiary/aromatic N) is 2. The molecule has 0 saturated carbocycles. The molecule has 0 radical (unpaired) electrons. The van der Waals surface area contributed by atoms with Crippen molar-refractivity contribution in [2.24, 2.45) is 0 Å². The molecule has 1 saturated heterocycles. The van der Waals surface area contributed by atoms with Gasteiger partial charge >= 0.3 is 6.09 Å². The second-order valence-electron chi connectivity index (χ2n) is 6.66. The molecule has 1 N–H and O–H groups in total. The van der Waals surface area contributed by atoms with Gasteiger partial charge in [-0.25, -0.2) is 4.79 Å². The molecule has 0 bridgehead atoms. The number of rotatable bonds is 3. The minimum Gasteiger partial charge on any atom is -0.444 e. The van der Waals surface area contributed by atoms with Gasteiger partial charge in [0.1, 0.15) is 5.60 Å². The van der Waals surface area contributed by atoms with Crippen LogP contribution in [0.4, 0.5) is 10.5 Å². The van der Waals surface area contributed by atoms with Gasteiger partial charge in [-0.1, -0.05) is 0 Å². The molecule has 5 nitrogen and oxygen atoms in total. The average molecular weight is 380 g/mol. The number of likely N-dealkylation sites (tertiary alicyclic amines) is 1. The molecule has 1 aliphatic rings. The van der Waals surface area contributed by atoms with E-state index in [1.165, 1.54) is 0 Å². The number of anilines is 1. The SMILES string of the molecule is CC(C)(C)OC(=O)N1CCCC1CNc1ccc(C#N)cc1Br. The van der Waals surface area contributed by atoms with Crippen LogP contribution >= 0.6 is 15.9 Å². The summed E-state index contributed by atoms with van der Waals surface area (Å²) in [6.45, 7) is 7.02. The van der Waals surface area contributed by atoms with Crippen molar-refractivity contribution in [1.82, 2.24) is 4.90 Å². The van der Waals surface area contributed by atoms with E-state index < -0.39 is 5.60 Å². The van der Waals surface area contributed by atoms with Crippen molar-refractivity contribution < 1.29 is 9.53 Å². The highest BCUT2D eigenvalue weighted by Gasteiger charge is 2.31. The van der Waals surface area contributed by atoms with E-state index in [0.717, 1.165) is 29.5 Å². The van der Waals surface area contributed by atoms with E-state index in [0.29, 0.717) is 12.1 Å². The molecule has 1 atom stereocenters. The van der Waals surface area contributed by atoms with Crippen molar-refractivity contribution in [3.63, 3.8) is 0 Å². The zero-order valence-electron chi connectivity index (χ0n) is 13.7. The first-order valence-corrected chi connectivity index (χ1v) is 8.52. The molecule has 1 aromatic carbocycles. The van der Waals surface area contributed by atoms with Crippen molar-refractivity contribution in [3.8, 4) is 6.07 Å². The zero-order valence-corrected chi connectivity index (χ0v) is 15.3. The third-order valence-corrected chi connectivity index (χ3v) is 4.29. The topological polar surface area (TPSA) is 65.4 Å². The summed E-state index contributed by atoms with van der Waals surface area (Å²) in [6, 6.07) is 7.65. The Balaban J connectivity index is 1.97. The third-order valence-electron chi connectivity index (χ3n) is 3.63. The van der Waals surface area contributed by atoms with Crippen molar-refractivity contribution >= 4 is 27.7 Å². The van der Waals surface area contributed by atoms with Crippen LogP contribution in [0.2, 0.25) is 0 Å². The maximum absolute atomic E-state index is 12.3. The lowest BCUT2D eigenvalue weighted by Gasteiger charge is -2.29. The molecule has 1 amide bonds. The monoisotopic (exact) mass is 379 g/mol. The van der Waals surface area contributed by atoms with Crippen LogP contribution in [0.1, 0.15) is 39.2 Å². The minimum absolute atomic E-state index is 0.118. The fraction of sp³-hybridized carbons (Fsp3) is 0.529. The number of benzene rings is 1. The van der Waals surface area contributed by atoms with Gasteiger partial charge < -0.3 is 15.0 Å². The smallest absolute Gasteiger partial charge is 0.410 e. The van der Waals surface area contributed by atoms with Gasteiger partial charge in [-0.05, 0) is 67.7 Å². The summed E-state index contributed by atoms with van der Waals surface area (Å²) in [5, 5.41) is 12.2. The average Bonchev–Trinajstić information content (AvgIpc) is 2.92. The van der Waals surface area contributed by atoms with Gasteiger partial charge in [-0.3, -0.25) is 0 Å². The quantitative estimate of drug-likeness (QED) is 0.856. The van der Waals surface area contributed by atoms with Crippen LogP contribution in [-0.2, 0) is 4.74 Å². The van der Waals surface area contributed by atoms with Gasteiger partial charge in [0.05, 0.1) is 17.7 Å². The van der Waals surface area contributed by atoms with E-state index in [2.05, 4.69) is 27.3 Å². The normalized spacial score (nSPS) is 17.7. The van der Waals surface area contributed by atoms with Gasteiger partial charge in [-0.2, -0.15) is 5.26 Å². The molecular weight excluding hydrogens is 358 g/mol. The summed E-state index contributed by atoms with van der Waals surface area (Å²) in [5.74, 6) is 0. The van der Waals surface area contributed by atoms with E-state index in [-0.39, 0.29) is 12.1 Å². The molecule has 1 unspecified atom stereocenters. The van der Waals surface area contributed by atoms with Crippen LogP contribution in [-0.4, -0.2) is 35.7 Å². The van der Waals surface area contributed by atoms with Crippen molar-refractivity contribution in [3.05, 3.63) is 28.2 Å². The Bertz CT molecular complexity index is 619. The molecule has 1 aromatic rings. The number of hydrogen-bond donors (Lipinski definition) is 1. The number of halogens is 1.